The second kappa shape index (κ2) is 11.1. The van der Waals surface area contributed by atoms with Crippen molar-refractivity contribution < 1.29 is 24.2 Å². The molecule has 8 nitrogen and oxygen atoms in total. The van der Waals surface area contributed by atoms with Crippen LogP contribution < -0.4 is 0 Å². The predicted molar refractivity (Wildman–Crippen MR) is 146 cm³/mol. The maximum absolute atomic E-state index is 14.7. The van der Waals surface area contributed by atoms with E-state index >= 15 is 0 Å². The first-order chi connectivity index (χ1) is 18.1. The van der Waals surface area contributed by atoms with Gasteiger partial charge in [0.2, 0.25) is 17.7 Å². The van der Waals surface area contributed by atoms with Crippen molar-refractivity contribution in [1.29, 1.82) is 0 Å². The summed E-state index contributed by atoms with van der Waals surface area (Å²) in [4.78, 5) is 48.1. The molecule has 38 heavy (non-hydrogen) atoms. The number of likely N-dealkylation sites (N-methyl/N-ethyl adjacent to an activating group) is 1. The summed E-state index contributed by atoms with van der Waals surface area (Å²) >= 11 is 0. The normalized spacial score (nSPS) is 33.4. The Morgan fingerprint density at radius 3 is 2.34 bits per heavy atom. The third kappa shape index (κ3) is 4.32. The molecule has 1 aliphatic carbocycles. The van der Waals surface area contributed by atoms with E-state index in [1.54, 1.807) is 29.0 Å². The summed E-state index contributed by atoms with van der Waals surface area (Å²) in [6.45, 7) is 14.1. The van der Waals surface area contributed by atoms with Crippen molar-refractivity contribution in [2.24, 2.45) is 17.8 Å². The maximum atomic E-state index is 14.7. The zero-order chi connectivity index (χ0) is 27.8. The molecule has 3 amide bonds. The molecule has 0 aromatic carbocycles. The van der Waals surface area contributed by atoms with E-state index in [1.807, 2.05) is 25.7 Å². The number of rotatable bonds is 11. The van der Waals surface area contributed by atoms with Crippen molar-refractivity contribution in [3.8, 4) is 0 Å². The monoisotopic (exact) mass is 529 g/mol. The molecule has 4 aliphatic rings. The van der Waals surface area contributed by atoms with Crippen LogP contribution in [-0.4, -0.2) is 93.6 Å². The number of aliphatic hydroxyl groups is 1. The highest BCUT2D eigenvalue weighted by Gasteiger charge is 2.79. The fourth-order valence-corrected chi connectivity index (χ4v) is 7.92. The lowest BCUT2D eigenvalue weighted by Crippen LogP contribution is -2.61. The Balaban J connectivity index is 1.84. The predicted octanol–water partition coefficient (Wildman–Crippen LogP) is 3.15. The molecular weight excluding hydrogens is 482 g/mol. The Kier molecular flexibility index (Phi) is 8.43. The molecule has 1 spiro atoms. The van der Waals surface area contributed by atoms with E-state index in [4.69, 9.17) is 4.74 Å². The highest BCUT2D eigenvalue weighted by molar-refractivity contribution is 5.99. The van der Waals surface area contributed by atoms with E-state index in [-0.39, 0.29) is 36.3 Å². The first-order valence-corrected chi connectivity index (χ1v) is 14.5. The minimum Gasteiger partial charge on any atom is -0.394 e. The molecular formula is C30H47N3O5. The fraction of sp³-hybridized carbons (Fsp3) is 0.767. The van der Waals surface area contributed by atoms with Crippen LogP contribution in [0.3, 0.4) is 0 Å². The van der Waals surface area contributed by atoms with E-state index in [9.17, 15) is 19.5 Å². The van der Waals surface area contributed by atoms with Gasteiger partial charge in [0.15, 0.2) is 0 Å². The number of aliphatic hydroxyl groups excluding tert-OH is 1. The first kappa shape index (κ1) is 28.8. The summed E-state index contributed by atoms with van der Waals surface area (Å²) in [5.41, 5.74) is -1.87. The smallest absolute Gasteiger partial charge is 0.248 e. The zero-order valence-electron chi connectivity index (χ0n) is 23.7. The van der Waals surface area contributed by atoms with Gasteiger partial charge in [-0.2, -0.15) is 0 Å². The van der Waals surface area contributed by atoms with E-state index < -0.39 is 35.1 Å². The Bertz CT molecular complexity index is 946. The Morgan fingerprint density at radius 1 is 1.13 bits per heavy atom. The minimum absolute atomic E-state index is 0.0769. The van der Waals surface area contributed by atoms with Crippen molar-refractivity contribution in [2.75, 3.05) is 26.7 Å². The number of carbonyl (C=O) groups excluding carboxylic acids is 3. The first-order valence-electron chi connectivity index (χ1n) is 14.5. The molecule has 3 heterocycles. The van der Waals surface area contributed by atoms with Crippen LogP contribution in [0.5, 0.6) is 0 Å². The molecule has 0 radical (unpaired) electrons. The van der Waals surface area contributed by atoms with Gasteiger partial charge in [-0.15, -0.1) is 13.2 Å². The SMILES string of the molecule is C=CCN(C)C(=O)[C@H]1[C@H]2C(=O)N([C@@H](CO)C(C)C)C(C(=O)N(CC=C)C3CCCCC3)C23CC[C@]1(CC)O3. The van der Waals surface area contributed by atoms with E-state index in [0.29, 0.717) is 32.4 Å². The average Bonchev–Trinajstić information content (AvgIpc) is 3.51. The van der Waals surface area contributed by atoms with Gasteiger partial charge in [-0.25, -0.2) is 0 Å². The molecule has 8 heteroatoms. The highest BCUT2D eigenvalue weighted by atomic mass is 16.5. The van der Waals surface area contributed by atoms with Gasteiger partial charge >= 0.3 is 0 Å². The number of carbonyl (C=O) groups is 3. The summed E-state index contributed by atoms with van der Waals surface area (Å²) in [6.07, 6.45) is 10.3. The Hall–Kier alpha value is -2.19. The van der Waals surface area contributed by atoms with Gasteiger partial charge in [0.1, 0.15) is 11.6 Å². The second-order valence-electron chi connectivity index (χ2n) is 12.2. The van der Waals surface area contributed by atoms with Gasteiger partial charge in [-0.05, 0) is 38.0 Å². The van der Waals surface area contributed by atoms with E-state index in [2.05, 4.69) is 13.2 Å². The zero-order valence-corrected chi connectivity index (χ0v) is 23.7. The van der Waals surface area contributed by atoms with Crippen molar-refractivity contribution in [3.05, 3.63) is 25.3 Å². The number of hydrogen-bond acceptors (Lipinski definition) is 5. The molecule has 2 bridgehead atoms. The van der Waals surface area contributed by atoms with Crippen LogP contribution in [0.15, 0.2) is 25.3 Å². The third-order valence-corrected chi connectivity index (χ3v) is 9.84. The fourth-order valence-electron chi connectivity index (χ4n) is 7.92. The van der Waals surface area contributed by atoms with Crippen LogP contribution in [0.1, 0.15) is 72.1 Å². The Morgan fingerprint density at radius 2 is 1.79 bits per heavy atom. The van der Waals surface area contributed by atoms with Crippen molar-refractivity contribution >= 4 is 17.7 Å². The molecule has 0 aromatic heterocycles. The number of hydrogen-bond donors (Lipinski definition) is 1. The Labute approximate surface area is 228 Å². The lowest BCUT2D eigenvalue weighted by Gasteiger charge is -2.43. The van der Waals surface area contributed by atoms with Gasteiger partial charge < -0.3 is 24.5 Å². The number of nitrogens with zero attached hydrogens (tertiary/aromatic N) is 3. The van der Waals surface area contributed by atoms with Crippen LogP contribution in [0.25, 0.3) is 0 Å². The number of ether oxygens (including phenoxy) is 1. The minimum atomic E-state index is -1.09. The molecule has 4 rings (SSSR count). The topological polar surface area (TPSA) is 90.4 Å². The van der Waals surface area contributed by atoms with Crippen LogP contribution in [0.4, 0.5) is 0 Å². The van der Waals surface area contributed by atoms with Crippen molar-refractivity contribution in [1.82, 2.24) is 14.7 Å². The van der Waals surface area contributed by atoms with Gasteiger partial charge in [0.25, 0.3) is 0 Å². The molecule has 3 aliphatic heterocycles. The van der Waals surface area contributed by atoms with Gasteiger partial charge in [0.05, 0.1) is 30.1 Å². The number of fused-ring (bicyclic) bond motifs is 1. The molecule has 1 N–H and O–H groups in total. The summed E-state index contributed by atoms with van der Waals surface area (Å²) in [7, 11) is 1.73. The van der Waals surface area contributed by atoms with Gasteiger partial charge in [-0.3, -0.25) is 14.4 Å². The van der Waals surface area contributed by atoms with Crippen LogP contribution in [0.2, 0.25) is 0 Å². The van der Waals surface area contributed by atoms with Crippen LogP contribution in [-0.2, 0) is 19.1 Å². The van der Waals surface area contributed by atoms with Crippen LogP contribution in [0, 0.1) is 17.8 Å². The maximum Gasteiger partial charge on any atom is 0.248 e. The molecule has 1 saturated carbocycles. The summed E-state index contributed by atoms with van der Waals surface area (Å²) < 4.78 is 6.92. The van der Waals surface area contributed by atoms with E-state index in [0.717, 1.165) is 32.1 Å². The largest absolute Gasteiger partial charge is 0.394 e. The van der Waals surface area contributed by atoms with Crippen LogP contribution >= 0.6 is 0 Å². The van der Waals surface area contributed by atoms with Gasteiger partial charge in [0, 0.05) is 26.2 Å². The lowest BCUT2D eigenvalue weighted by molar-refractivity contribution is -0.160. The number of amides is 3. The molecule has 3 saturated heterocycles. The second-order valence-corrected chi connectivity index (χ2v) is 12.2. The lowest BCUT2D eigenvalue weighted by atomic mass is 9.64. The summed E-state index contributed by atoms with van der Waals surface area (Å²) in [6, 6.07) is -1.34. The summed E-state index contributed by atoms with van der Waals surface area (Å²) in [5, 5.41) is 10.5. The quantitative estimate of drug-likeness (QED) is 0.416. The summed E-state index contributed by atoms with van der Waals surface area (Å²) in [5.74, 6) is -2.01. The molecule has 4 fully saturated rings. The standard InChI is InChI=1S/C30H47N3O5/c1-7-17-31(6)26(35)23-24-27(36)33(22(19-34)20(4)5)25(30(24)16-15-29(23,9-3)38-30)28(37)32(18-8-2)21-13-11-10-12-14-21/h7-8,20-25,34H,1-2,9-19H2,3-6H3/t22-,23+,24-,25?,29-,30?/m0/s1. The molecule has 0 aromatic rings. The van der Waals surface area contributed by atoms with Crippen molar-refractivity contribution in [3.63, 3.8) is 0 Å². The third-order valence-electron chi connectivity index (χ3n) is 9.84. The highest BCUT2D eigenvalue weighted by Crippen LogP contribution is 2.65. The van der Waals surface area contributed by atoms with Gasteiger partial charge in [-0.1, -0.05) is 52.2 Å². The number of likely N-dealkylation sites (tertiary alicyclic amines) is 1. The molecule has 212 valence electrons. The average molecular weight is 530 g/mol. The van der Waals surface area contributed by atoms with Crippen molar-refractivity contribution in [2.45, 2.75) is 101 Å². The van der Waals surface area contributed by atoms with E-state index in [1.165, 1.54) is 0 Å². The molecule has 6 atom stereocenters. The molecule has 2 unspecified atom stereocenters.